The molecule has 0 atom stereocenters. The molecule has 1 aliphatic rings. The molecule has 1 aliphatic carbocycles. The van der Waals surface area contributed by atoms with Crippen LogP contribution in [0.15, 0.2) is 76.7 Å². The second kappa shape index (κ2) is 7.58. The first-order valence-corrected chi connectivity index (χ1v) is 10.0. The van der Waals surface area contributed by atoms with Crippen molar-refractivity contribution in [2.45, 2.75) is 18.7 Å². The van der Waals surface area contributed by atoms with Gasteiger partial charge in [-0.1, -0.05) is 30.3 Å². The van der Waals surface area contributed by atoms with Crippen LogP contribution in [0.25, 0.3) is 5.57 Å². The van der Waals surface area contributed by atoms with Gasteiger partial charge in [0.15, 0.2) is 5.78 Å². The van der Waals surface area contributed by atoms with Crippen molar-refractivity contribution < 1.29 is 22.5 Å². The highest BCUT2D eigenvalue weighted by Gasteiger charge is 2.23. The molecule has 5 nitrogen and oxygen atoms in total. The molecule has 0 heterocycles. The Balaban J connectivity index is 2.39. The van der Waals surface area contributed by atoms with Crippen molar-refractivity contribution in [1.29, 1.82) is 0 Å². The summed E-state index contributed by atoms with van der Waals surface area (Å²) in [5.41, 5.74) is 3.69. The van der Waals surface area contributed by atoms with Crippen LogP contribution in [0.1, 0.15) is 23.6 Å². The van der Waals surface area contributed by atoms with Crippen molar-refractivity contribution in [3.05, 3.63) is 88.5 Å². The number of carbonyl (C=O) groups is 1. The van der Waals surface area contributed by atoms with Crippen molar-refractivity contribution >= 4 is 21.5 Å². The molecule has 0 amide bonds. The van der Waals surface area contributed by atoms with Crippen molar-refractivity contribution in [3.8, 4) is 5.75 Å². The summed E-state index contributed by atoms with van der Waals surface area (Å²) in [5.74, 6) is 0.0507. The van der Waals surface area contributed by atoms with E-state index in [1.54, 1.807) is 62.4 Å². The highest BCUT2D eigenvalue weighted by Crippen LogP contribution is 2.36. The maximum Gasteiger partial charge on any atom is 0.297 e. The van der Waals surface area contributed by atoms with E-state index in [0.29, 0.717) is 33.4 Å². The Hall–Kier alpha value is -2.96. The number of hydrogen-bond donors (Lipinski definition) is 1. The predicted molar refractivity (Wildman–Crippen MR) is 107 cm³/mol. The van der Waals surface area contributed by atoms with E-state index in [2.05, 4.69) is 0 Å². The number of benzene rings is 2. The highest BCUT2D eigenvalue weighted by molar-refractivity contribution is 7.86. The summed E-state index contributed by atoms with van der Waals surface area (Å²) < 4.78 is 29.8. The number of phenolic OH excluding ortho intramolecular Hbond substituents is 1. The molecule has 28 heavy (non-hydrogen) atoms. The van der Waals surface area contributed by atoms with Gasteiger partial charge >= 0.3 is 0 Å². The number of aryl methyl sites for hydroxylation is 1. The van der Waals surface area contributed by atoms with Crippen LogP contribution in [-0.4, -0.2) is 26.4 Å². The Kier molecular flexibility index (Phi) is 5.36. The SMILES string of the molecule is COS(=O)(=O)c1ccccc1/C(=C1\C=CC(=O)C(C)=C1)c1ccc(O)c(C)c1. The average molecular weight is 396 g/mol. The van der Waals surface area contributed by atoms with Gasteiger partial charge in [-0.25, -0.2) is 0 Å². The lowest BCUT2D eigenvalue weighted by molar-refractivity contribution is -0.111. The number of ketones is 1. The normalized spacial score (nSPS) is 16.1. The van der Waals surface area contributed by atoms with E-state index in [9.17, 15) is 18.3 Å². The lowest BCUT2D eigenvalue weighted by Crippen LogP contribution is -2.08. The largest absolute Gasteiger partial charge is 0.508 e. The molecule has 0 unspecified atom stereocenters. The zero-order valence-electron chi connectivity index (χ0n) is 15.8. The van der Waals surface area contributed by atoms with Crippen molar-refractivity contribution in [3.63, 3.8) is 0 Å². The van der Waals surface area contributed by atoms with Crippen molar-refractivity contribution in [1.82, 2.24) is 0 Å². The van der Waals surface area contributed by atoms with Gasteiger partial charge in [0.25, 0.3) is 10.1 Å². The fourth-order valence-corrected chi connectivity index (χ4v) is 3.94. The van der Waals surface area contributed by atoms with E-state index in [1.807, 2.05) is 0 Å². The van der Waals surface area contributed by atoms with Crippen LogP contribution in [-0.2, 0) is 19.1 Å². The number of allylic oxidation sites excluding steroid dienone is 5. The van der Waals surface area contributed by atoms with Gasteiger partial charge in [-0.3, -0.25) is 8.98 Å². The third-order valence-corrected chi connectivity index (χ3v) is 5.93. The summed E-state index contributed by atoms with van der Waals surface area (Å²) in [4.78, 5) is 11.9. The summed E-state index contributed by atoms with van der Waals surface area (Å²) in [6, 6.07) is 11.6. The third-order valence-electron chi connectivity index (χ3n) is 4.59. The molecule has 6 heteroatoms. The van der Waals surface area contributed by atoms with Gasteiger partial charge < -0.3 is 5.11 Å². The highest BCUT2D eigenvalue weighted by atomic mass is 32.2. The molecular formula is C22H20O5S. The zero-order valence-corrected chi connectivity index (χ0v) is 16.6. The van der Waals surface area contributed by atoms with Gasteiger partial charge in [-0.05, 0) is 72.0 Å². The van der Waals surface area contributed by atoms with Gasteiger partial charge in [0.05, 0.1) is 7.11 Å². The monoisotopic (exact) mass is 396 g/mol. The fraction of sp³-hybridized carbons (Fsp3) is 0.136. The molecule has 0 radical (unpaired) electrons. The first-order chi connectivity index (χ1) is 13.2. The molecule has 0 aliphatic heterocycles. The summed E-state index contributed by atoms with van der Waals surface area (Å²) in [6.45, 7) is 3.48. The molecule has 0 aromatic heterocycles. The number of rotatable bonds is 4. The molecule has 0 spiro atoms. The van der Waals surface area contributed by atoms with Crippen LogP contribution in [0.5, 0.6) is 5.75 Å². The van der Waals surface area contributed by atoms with E-state index >= 15 is 0 Å². The van der Waals surface area contributed by atoms with E-state index in [-0.39, 0.29) is 16.4 Å². The molecule has 1 N–H and O–H groups in total. The number of hydrogen-bond acceptors (Lipinski definition) is 5. The predicted octanol–water partition coefficient (Wildman–Crippen LogP) is 3.92. The Bertz CT molecular complexity index is 1150. The second-order valence-corrected chi connectivity index (χ2v) is 8.15. The Morgan fingerprint density at radius 1 is 1.04 bits per heavy atom. The van der Waals surface area contributed by atoms with Crippen LogP contribution in [0.3, 0.4) is 0 Å². The minimum absolute atomic E-state index is 0.0297. The Labute approximate surface area is 164 Å². The van der Waals surface area contributed by atoms with Crippen LogP contribution < -0.4 is 0 Å². The van der Waals surface area contributed by atoms with Crippen molar-refractivity contribution in [2.24, 2.45) is 0 Å². The maximum atomic E-state index is 12.5. The number of phenols is 1. The average Bonchev–Trinajstić information content (AvgIpc) is 2.68. The fourth-order valence-electron chi connectivity index (χ4n) is 3.07. The quantitative estimate of drug-likeness (QED) is 0.792. The second-order valence-electron chi connectivity index (χ2n) is 6.47. The number of aromatic hydroxyl groups is 1. The van der Waals surface area contributed by atoms with Crippen LogP contribution in [0.2, 0.25) is 0 Å². The smallest absolute Gasteiger partial charge is 0.297 e. The van der Waals surface area contributed by atoms with E-state index in [4.69, 9.17) is 4.18 Å². The minimum Gasteiger partial charge on any atom is -0.508 e. The molecule has 0 bridgehead atoms. The molecule has 0 saturated heterocycles. The molecule has 144 valence electrons. The topological polar surface area (TPSA) is 80.7 Å². The van der Waals surface area contributed by atoms with E-state index in [0.717, 1.165) is 7.11 Å². The van der Waals surface area contributed by atoms with Crippen LogP contribution >= 0.6 is 0 Å². The van der Waals surface area contributed by atoms with E-state index < -0.39 is 10.1 Å². The van der Waals surface area contributed by atoms with Crippen molar-refractivity contribution in [2.75, 3.05) is 7.11 Å². The van der Waals surface area contributed by atoms with Gasteiger partial charge in [-0.15, -0.1) is 0 Å². The Morgan fingerprint density at radius 2 is 1.75 bits per heavy atom. The molecule has 3 rings (SSSR count). The van der Waals surface area contributed by atoms with Crippen LogP contribution in [0.4, 0.5) is 0 Å². The van der Waals surface area contributed by atoms with Gasteiger partial charge in [0, 0.05) is 5.56 Å². The van der Waals surface area contributed by atoms with Crippen LogP contribution in [0, 0.1) is 6.92 Å². The maximum absolute atomic E-state index is 12.5. The van der Waals surface area contributed by atoms with Gasteiger partial charge in [0.1, 0.15) is 10.6 Å². The summed E-state index contributed by atoms with van der Waals surface area (Å²) in [6.07, 6.45) is 4.87. The molecule has 2 aromatic carbocycles. The summed E-state index contributed by atoms with van der Waals surface area (Å²) >= 11 is 0. The first-order valence-electron chi connectivity index (χ1n) is 8.59. The molecule has 0 saturated carbocycles. The molecular weight excluding hydrogens is 376 g/mol. The standard InChI is InChI=1S/C22H20O5S/c1-14-12-16(8-10-19(14)23)22(17-9-11-20(24)15(2)13-17)18-6-4-5-7-21(18)28(25,26)27-3/h4-13,23H,1-3H3/b22-17+. The molecule has 2 aromatic rings. The number of carbonyl (C=O) groups excluding carboxylic acids is 1. The third kappa shape index (κ3) is 3.69. The Morgan fingerprint density at radius 3 is 2.39 bits per heavy atom. The molecule has 0 fully saturated rings. The van der Waals surface area contributed by atoms with Gasteiger partial charge in [-0.2, -0.15) is 8.42 Å². The first kappa shape index (κ1) is 19.8. The lowest BCUT2D eigenvalue weighted by atomic mass is 9.88. The summed E-state index contributed by atoms with van der Waals surface area (Å²) in [5, 5.41) is 9.90. The zero-order chi connectivity index (χ0) is 20.5. The minimum atomic E-state index is -3.96. The van der Waals surface area contributed by atoms with E-state index in [1.165, 1.54) is 12.1 Å². The summed E-state index contributed by atoms with van der Waals surface area (Å²) in [7, 11) is -2.84. The lowest BCUT2D eigenvalue weighted by Gasteiger charge is -2.18. The van der Waals surface area contributed by atoms with Gasteiger partial charge in [0.2, 0.25) is 0 Å².